The second kappa shape index (κ2) is 3.20. The van der Waals surface area contributed by atoms with E-state index < -0.39 is 0 Å². The zero-order valence-corrected chi connectivity index (χ0v) is 9.14. The Kier molecular flexibility index (Phi) is 1.83. The molecule has 0 radical (unpaired) electrons. The Labute approximate surface area is 92.5 Å². The molecule has 0 amide bonds. The lowest BCUT2D eigenvalue weighted by atomic mass is 10.1. The molecule has 0 unspecified atom stereocenters. The third-order valence-electron chi connectivity index (χ3n) is 2.55. The molecule has 80 valence electrons. The molecule has 0 fully saturated rings. The monoisotopic (exact) mass is 213 g/mol. The minimum absolute atomic E-state index is 0.705. The molecule has 0 aliphatic rings. The van der Waals surface area contributed by atoms with Gasteiger partial charge in [-0.1, -0.05) is 29.0 Å². The molecular weight excluding hydrogens is 202 g/mol. The molecule has 0 saturated heterocycles. The van der Waals surface area contributed by atoms with E-state index in [1.165, 1.54) is 4.69 Å². The molecule has 2 aromatic heterocycles. The zero-order valence-electron chi connectivity index (χ0n) is 9.14. The Morgan fingerprint density at radius 3 is 2.75 bits per heavy atom. The number of fused-ring (bicyclic) bond motifs is 1. The van der Waals surface area contributed by atoms with Crippen LogP contribution in [0.15, 0.2) is 34.9 Å². The second-order valence-corrected chi connectivity index (χ2v) is 3.83. The van der Waals surface area contributed by atoms with Gasteiger partial charge in [0.15, 0.2) is 11.5 Å². The summed E-state index contributed by atoms with van der Waals surface area (Å²) in [4.78, 5) is 4.42. The molecule has 2 heterocycles. The standard InChI is InChI=1S/C12H11N3O/c1-8-5-3-4-6-10(8)12-13-11-7-9(2)16-15(11)14-12/h3-7H,1-2H3. The van der Waals surface area contributed by atoms with E-state index in [1.54, 1.807) is 0 Å². The van der Waals surface area contributed by atoms with E-state index in [0.29, 0.717) is 5.82 Å². The van der Waals surface area contributed by atoms with Gasteiger partial charge in [-0.25, -0.2) is 4.98 Å². The summed E-state index contributed by atoms with van der Waals surface area (Å²) >= 11 is 0. The van der Waals surface area contributed by atoms with Crippen molar-refractivity contribution in [1.82, 2.24) is 14.8 Å². The van der Waals surface area contributed by atoms with Gasteiger partial charge in [-0.15, -0.1) is 5.10 Å². The molecule has 3 aromatic rings. The lowest BCUT2D eigenvalue weighted by Gasteiger charge is -1.98. The van der Waals surface area contributed by atoms with Gasteiger partial charge in [0, 0.05) is 11.6 Å². The van der Waals surface area contributed by atoms with Gasteiger partial charge < -0.3 is 4.52 Å². The van der Waals surface area contributed by atoms with Crippen LogP contribution in [0.4, 0.5) is 0 Å². The summed E-state index contributed by atoms with van der Waals surface area (Å²) in [6.45, 7) is 3.92. The number of aryl methyl sites for hydroxylation is 2. The van der Waals surface area contributed by atoms with Gasteiger partial charge in [-0.05, 0) is 19.4 Å². The van der Waals surface area contributed by atoms with Gasteiger partial charge in [0.1, 0.15) is 5.76 Å². The van der Waals surface area contributed by atoms with Gasteiger partial charge in [0.2, 0.25) is 0 Å². The smallest absolute Gasteiger partial charge is 0.196 e. The molecule has 0 spiro atoms. The maximum absolute atomic E-state index is 5.35. The third-order valence-corrected chi connectivity index (χ3v) is 2.55. The van der Waals surface area contributed by atoms with Crippen LogP contribution in [-0.2, 0) is 0 Å². The summed E-state index contributed by atoms with van der Waals surface area (Å²) < 4.78 is 6.81. The fraction of sp³-hybridized carbons (Fsp3) is 0.167. The minimum Gasteiger partial charge on any atom is -0.361 e. The first kappa shape index (κ1) is 9.15. The van der Waals surface area contributed by atoms with E-state index in [0.717, 1.165) is 22.5 Å². The van der Waals surface area contributed by atoms with Crippen molar-refractivity contribution in [1.29, 1.82) is 0 Å². The summed E-state index contributed by atoms with van der Waals surface area (Å²) in [5.74, 6) is 1.52. The van der Waals surface area contributed by atoms with E-state index in [2.05, 4.69) is 10.1 Å². The summed E-state index contributed by atoms with van der Waals surface area (Å²) in [5.41, 5.74) is 2.95. The topological polar surface area (TPSA) is 43.3 Å². The van der Waals surface area contributed by atoms with E-state index in [9.17, 15) is 0 Å². The van der Waals surface area contributed by atoms with E-state index in [1.807, 2.05) is 44.2 Å². The van der Waals surface area contributed by atoms with Crippen molar-refractivity contribution in [2.75, 3.05) is 0 Å². The fourth-order valence-corrected chi connectivity index (χ4v) is 1.75. The Morgan fingerprint density at radius 1 is 1.19 bits per heavy atom. The van der Waals surface area contributed by atoms with Crippen molar-refractivity contribution >= 4 is 5.65 Å². The predicted octanol–water partition coefficient (Wildman–Crippen LogP) is 2.61. The molecule has 16 heavy (non-hydrogen) atoms. The average molecular weight is 213 g/mol. The van der Waals surface area contributed by atoms with E-state index in [4.69, 9.17) is 4.52 Å². The van der Waals surface area contributed by atoms with Crippen molar-refractivity contribution in [3.05, 3.63) is 41.7 Å². The highest BCUT2D eigenvalue weighted by Gasteiger charge is 2.10. The highest BCUT2D eigenvalue weighted by Crippen LogP contribution is 2.20. The van der Waals surface area contributed by atoms with Crippen LogP contribution in [0.25, 0.3) is 17.0 Å². The van der Waals surface area contributed by atoms with Gasteiger partial charge in [-0.3, -0.25) is 0 Å². The molecule has 0 N–H and O–H groups in total. The van der Waals surface area contributed by atoms with Crippen LogP contribution in [0.2, 0.25) is 0 Å². The predicted molar refractivity (Wildman–Crippen MR) is 60.2 cm³/mol. The Morgan fingerprint density at radius 2 is 2.00 bits per heavy atom. The van der Waals surface area contributed by atoms with Crippen LogP contribution in [0.5, 0.6) is 0 Å². The highest BCUT2D eigenvalue weighted by atomic mass is 16.5. The summed E-state index contributed by atoms with van der Waals surface area (Å²) in [7, 11) is 0. The minimum atomic E-state index is 0.705. The maximum atomic E-state index is 5.35. The van der Waals surface area contributed by atoms with E-state index >= 15 is 0 Å². The summed E-state index contributed by atoms with van der Waals surface area (Å²) in [6, 6.07) is 9.91. The Balaban J connectivity index is 2.19. The zero-order chi connectivity index (χ0) is 11.1. The molecule has 0 saturated carbocycles. The summed E-state index contributed by atoms with van der Waals surface area (Å²) in [5, 5.41) is 4.30. The van der Waals surface area contributed by atoms with Crippen LogP contribution in [0, 0.1) is 13.8 Å². The van der Waals surface area contributed by atoms with Crippen molar-refractivity contribution in [2.24, 2.45) is 0 Å². The first-order valence-corrected chi connectivity index (χ1v) is 5.14. The highest BCUT2D eigenvalue weighted by molar-refractivity contribution is 5.61. The van der Waals surface area contributed by atoms with Crippen LogP contribution in [-0.4, -0.2) is 14.8 Å². The molecule has 0 bridgehead atoms. The molecule has 4 heteroatoms. The number of benzene rings is 1. The Bertz CT molecular complexity index is 620. The molecular formula is C12H11N3O. The number of hydrogen-bond donors (Lipinski definition) is 0. The first-order valence-electron chi connectivity index (χ1n) is 5.14. The lowest BCUT2D eigenvalue weighted by molar-refractivity contribution is 0.322. The Hall–Kier alpha value is -2.10. The van der Waals surface area contributed by atoms with Crippen molar-refractivity contribution in [3.8, 4) is 11.4 Å². The van der Waals surface area contributed by atoms with Crippen molar-refractivity contribution in [3.63, 3.8) is 0 Å². The van der Waals surface area contributed by atoms with Crippen molar-refractivity contribution < 1.29 is 4.52 Å². The number of hydrogen-bond acceptors (Lipinski definition) is 3. The van der Waals surface area contributed by atoms with Gasteiger partial charge in [0.25, 0.3) is 0 Å². The lowest BCUT2D eigenvalue weighted by Crippen LogP contribution is -1.86. The normalized spacial score (nSPS) is 11.1. The van der Waals surface area contributed by atoms with Crippen LogP contribution in [0.3, 0.4) is 0 Å². The molecule has 3 rings (SSSR count). The summed E-state index contributed by atoms with van der Waals surface area (Å²) in [6.07, 6.45) is 0. The van der Waals surface area contributed by atoms with Crippen LogP contribution >= 0.6 is 0 Å². The molecule has 0 aliphatic heterocycles. The molecule has 4 nitrogen and oxygen atoms in total. The number of rotatable bonds is 1. The first-order chi connectivity index (χ1) is 7.74. The van der Waals surface area contributed by atoms with Gasteiger partial charge in [0.05, 0.1) is 0 Å². The second-order valence-electron chi connectivity index (χ2n) is 3.83. The fourth-order valence-electron chi connectivity index (χ4n) is 1.75. The van der Waals surface area contributed by atoms with Crippen LogP contribution < -0.4 is 0 Å². The van der Waals surface area contributed by atoms with Gasteiger partial charge >= 0.3 is 0 Å². The number of nitrogens with zero attached hydrogens (tertiary/aromatic N) is 3. The molecule has 1 aromatic carbocycles. The third kappa shape index (κ3) is 1.31. The van der Waals surface area contributed by atoms with Gasteiger partial charge in [-0.2, -0.15) is 0 Å². The molecule has 0 aliphatic carbocycles. The van der Waals surface area contributed by atoms with E-state index in [-0.39, 0.29) is 0 Å². The van der Waals surface area contributed by atoms with Crippen molar-refractivity contribution in [2.45, 2.75) is 13.8 Å². The SMILES string of the molecule is Cc1cc2nc(-c3ccccc3C)nn2o1. The number of aromatic nitrogens is 3. The maximum Gasteiger partial charge on any atom is 0.196 e. The quantitative estimate of drug-likeness (QED) is 0.624. The average Bonchev–Trinajstić information content (AvgIpc) is 2.75. The molecule has 0 atom stereocenters. The van der Waals surface area contributed by atoms with Crippen LogP contribution in [0.1, 0.15) is 11.3 Å². The largest absolute Gasteiger partial charge is 0.361 e.